The van der Waals surface area contributed by atoms with Crippen molar-refractivity contribution in [2.75, 3.05) is 0 Å². The lowest BCUT2D eigenvalue weighted by Crippen LogP contribution is -2.50. The van der Waals surface area contributed by atoms with Crippen LogP contribution in [0.4, 0.5) is 0 Å². The molecule has 0 aliphatic heterocycles. The molecule has 0 fully saturated rings. The minimum Gasteiger partial charge on any atom is -0.413 e. The van der Waals surface area contributed by atoms with Crippen molar-refractivity contribution in [3.8, 4) is 0 Å². The summed E-state index contributed by atoms with van der Waals surface area (Å²) in [6.07, 6.45) is 1.44. The summed E-state index contributed by atoms with van der Waals surface area (Å²) in [6.45, 7) is 21.1. The molecule has 0 saturated heterocycles. The van der Waals surface area contributed by atoms with Gasteiger partial charge in [-0.15, -0.1) is 0 Å². The van der Waals surface area contributed by atoms with E-state index in [1.165, 1.54) is 0 Å². The van der Waals surface area contributed by atoms with Crippen LogP contribution in [0, 0.1) is 5.92 Å². The fraction of sp³-hybridized carbons (Fsp3) is 0.850. The van der Waals surface area contributed by atoms with Gasteiger partial charge in [0.1, 0.15) is 5.78 Å². The zero-order valence-corrected chi connectivity index (χ0v) is 18.5. The number of rotatable bonds is 10. The number of allylic oxidation sites excluding steroid dienone is 1. The number of aliphatic hydroxyl groups excluding tert-OH is 1. The van der Waals surface area contributed by atoms with E-state index in [9.17, 15) is 9.90 Å². The van der Waals surface area contributed by atoms with Crippen LogP contribution >= 0.6 is 0 Å². The summed E-state index contributed by atoms with van der Waals surface area (Å²) < 4.78 is 6.63. The molecule has 0 radical (unpaired) electrons. The van der Waals surface area contributed by atoms with Crippen LogP contribution in [0.25, 0.3) is 0 Å². The highest BCUT2D eigenvalue weighted by atomic mass is 28.4. The van der Waals surface area contributed by atoms with Gasteiger partial charge < -0.3 is 9.53 Å². The van der Waals surface area contributed by atoms with Crippen molar-refractivity contribution in [1.29, 1.82) is 0 Å². The molecule has 0 aliphatic carbocycles. The molecule has 0 bridgehead atoms. The molecule has 3 atom stereocenters. The zero-order valence-electron chi connectivity index (χ0n) is 17.5. The Morgan fingerprint density at radius 1 is 1.00 bits per heavy atom. The Morgan fingerprint density at radius 2 is 1.42 bits per heavy atom. The van der Waals surface area contributed by atoms with Crippen molar-refractivity contribution < 1.29 is 14.3 Å². The molecule has 0 amide bonds. The molecule has 0 rings (SSSR count). The summed E-state index contributed by atoms with van der Waals surface area (Å²) >= 11 is 0. The van der Waals surface area contributed by atoms with E-state index in [-0.39, 0.29) is 17.8 Å². The smallest absolute Gasteiger partial charge is 0.200 e. The number of carbonyl (C=O) groups excluding carboxylic acids is 1. The van der Waals surface area contributed by atoms with Crippen molar-refractivity contribution in [3.05, 3.63) is 11.6 Å². The first-order chi connectivity index (χ1) is 10.9. The molecule has 0 saturated carbocycles. The largest absolute Gasteiger partial charge is 0.413 e. The molecule has 0 heterocycles. The predicted octanol–water partition coefficient (Wildman–Crippen LogP) is 5.49. The number of Topliss-reactive ketones (excluding diaryl/α,β-unsaturated/α-hetero) is 1. The van der Waals surface area contributed by atoms with Crippen molar-refractivity contribution in [3.63, 3.8) is 0 Å². The Morgan fingerprint density at radius 3 is 1.75 bits per heavy atom. The molecule has 0 aromatic heterocycles. The van der Waals surface area contributed by atoms with Gasteiger partial charge in [0.15, 0.2) is 0 Å². The third kappa shape index (κ3) is 5.53. The van der Waals surface area contributed by atoms with Gasteiger partial charge in [-0.25, -0.2) is 0 Å². The highest BCUT2D eigenvalue weighted by Gasteiger charge is 2.46. The molecule has 0 aromatic carbocycles. The van der Waals surface area contributed by atoms with Crippen molar-refractivity contribution in [1.82, 2.24) is 0 Å². The van der Waals surface area contributed by atoms with E-state index in [4.69, 9.17) is 4.43 Å². The summed E-state index contributed by atoms with van der Waals surface area (Å²) in [5, 5.41) is 10.2. The van der Waals surface area contributed by atoms with Crippen molar-refractivity contribution in [2.45, 2.75) is 104 Å². The van der Waals surface area contributed by atoms with Crippen LogP contribution in [-0.2, 0) is 9.22 Å². The first kappa shape index (κ1) is 23.5. The lowest BCUT2D eigenvalue weighted by Gasteiger charge is -2.44. The summed E-state index contributed by atoms with van der Waals surface area (Å²) in [5.74, 6) is -0.309. The summed E-state index contributed by atoms with van der Waals surface area (Å²) in [4.78, 5) is 12.6. The maximum absolute atomic E-state index is 12.6. The second-order valence-electron chi connectivity index (χ2n) is 8.18. The molecule has 0 aromatic rings. The summed E-state index contributed by atoms with van der Waals surface area (Å²) in [7, 11) is -1.97. The Bertz CT molecular complexity index is 405. The van der Waals surface area contributed by atoms with Gasteiger partial charge in [0.05, 0.1) is 6.10 Å². The Labute approximate surface area is 151 Å². The van der Waals surface area contributed by atoms with Gasteiger partial charge >= 0.3 is 0 Å². The minimum atomic E-state index is -1.97. The fourth-order valence-corrected chi connectivity index (χ4v) is 9.61. The van der Waals surface area contributed by atoms with Gasteiger partial charge in [0.2, 0.25) is 8.32 Å². The first-order valence-corrected chi connectivity index (χ1v) is 11.6. The Hall–Kier alpha value is -0.453. The molecule has 142 valence electrons. The predicted molar refractivity (Wildman–Crippen MR) is 106 cm³/mol. The van der Waals surface area contributed by atoms with Crippen molar-refractivity contribution in [2.24, 2.45) is 5.92 Å². The van der Waals surface area contributed by atoms with E-state index in [1.807, 2.05) is 33.8 Å². The molecule has 24 heavy (non-hydrogen) atoms. The number of hydrogen-bond acceptors (Lipinski definition) is 3. The average Bonchev–Trinajstić information content (AvgIpc) is 2.48. The van der Waals surface area contributed by atoms with E-state index in [0.29, 0.717) is 23.0 Å². The Balaban J connectivity index is 5.10. The van der Waals surface area contributed by atoms with Gasteiger partial charge in [0, 0.05) is 18.4 Å². The van der Waals surface area contributed by atoms with E-state index >= 15 is 0 Å². The molecule has 0 spiro atoms. The van der Waals surface area contributed by atoms with E-state index in [2.05, 4.69) is 41.5 Å². The van der Waals surface area contributed by atoms with Crippen LogP contribution in [0.5, 0.6) is 0 Å². The molecule has 4 heteroatoms. The third-order valence-corrected chi connectivity index (χ3v) is 11.7. The monoisotopic (exact) mass is 356 g/mol. The second kappa shape index (κ2) is 9.88. The quantitative estimate of drug-likeness (QED) is 0.416. The number of ketones is 1. The summed E-state index contributed by atoms with van der Waals surface area (Å²) in [5.41, 5.74) is 2.36. The first-order valence-electron chi connectivity index (χ1n) is 9.43. The third-order valence-electron chi connectivity index (χ3n) is 5.50. The lowest BCUT2D eigenvalue weighted by molar-refractivity contribution is -0.126. The highest BCUT2D eigenvalue weighted by molar-refractivity contribution is 6.77. The maximum Gasteiger partial charge on any atom is 0.200 e. The standard InChI is InChI=1S/C20H40O3Si/c1-11-16(8)20(22)18(10)19(21)12-17(9)23-24(13(2)3,14(4)5)15(6)7/h11,13-15,17-18,20,22H,12H2,1-10H3/b16-11+/t17-,18-,20+/m1/s1. The van der Waals surface area contributed by atoms with E-state index < -0.39 is 14.4 Å². The molecular weight excluding hydrogens is 316 g/mol. The molecule has 3 nitrogen and oxygen atoms in total. The number of carbonyl (C=O) groups is 1. The second-order valence-corrected chi connectivity index (χ2v) is 13.6. The van der Waals surface area contributed by atoms with Crippen molar-refractivity contribution >= 4 is 14.1 Å². The SMILES string of the molecule is C/C=C(\C)[C@H](O)[C@H](C)C(=O)C[C@@H](C)O[Si](C(C)C)(C(C)C)C(C)C. The van der Waals surface area contributed by atoms with Gasteiger partial charge in [0.25, 0.3) is 0 Å². The van der Waals surface area contributed by atoms with Crippen LogP contribution in [0.3, 0.4) is 0 Å². The topological polar surface area (TPSA) is 46.5 Å². The van der Waals surface area contributed by atoms with Gasteiger partial charge in [-0.05, 0) is 43.0 Å². The fourth-order valence-electron chi connectivity index (χ4n) is 4.01. The van der Waals surface area contributed by atoms with Gasteiger partial charge in [-0.2, -0.15) is 0 Å². The highest BCUT2D eigenvalue weighted by Crippen LogP contribution is 2.43. The van der Waals surface area contributed by atoms with Gasteiger partial charge in [-0.3, -0.25) is 4.79 Å². The van der Waals surface area contributed by atoms with Crippen LogP contribution in [0.15, 0.2) is 11.6 Å². The van der Waals surface area contributed by atoms with Crippen LogP contribution in [0.1, 0.15) is 75.7 Å². The number of aliphatic hydroxyl groups is 1. The van der Waals surface area contributed by atoms with Crippen LogP contribution < -0.4 is 0 Å². The lowest BCUT2D eigenvalue weighted by atomic mass is 9.92. The average molecular weight is 357 g/mol. The molecule has 0 unspecified atom stereocenters. The Kier molecular flexibility index (Phi) is 9.70. The zero-order chi connectivity index (χ0) is 19.2. The van der Waals surface area contributed by atoms with Gasteiger partial charge in [-0.1, -0.05) is 54.5 Å². The number of hydrogen-bond donors (Lipinski definition) is 1. The molecule has 1 N–H and O–H groups in total. The van der Waals surface area contributed by atoms with E-state index in [1.54, 1.807) is 0 Å². The van der Waals surface area contributed by atoms with Crippen LogP contribution in [-0.4, -0.2) is 31.4 Å². The normalized spacial score (nSPS) is 17.5. The maximum atomic E-state index is 12.6. The molecule has 0 aliphatic rings. The summed E-state index contributed by atoms with van der Waals surface area (Å²) in [6, 6.07) is 0. The minimum absolute atomic E-state index is 0.0790. The molecular formula is C20H40O3Si. The van der Waals surface area contributed by atoms with Crippen LogP contribution in [0.2, 0.25) is 16.6 Å². The van der Waals surface area contributed by atoms with E-state index in [0.717, 1.165) is 5.57 Å².